The highest BCUT2D eigenvalue weighted by Gasteiger charge is 2.23. The summed E-state index contributed by atoms with van der Waals surface area (Å²) in [5.74, 6) is -1.08. The molecule has 1 heterocycles. The molecule has 1 atom stereocenters. The molecule has 0 spiro atoms. The van der Waals surface area contributed by atoms with E-state index in [0.29, 0.717) is 5.56 Å². The molecule has 1 aromatic heterocycles. The summed E-state index contributed by atoms with van der Waals surface area (Å²) in [5.41, 5.74) is 5.46. The van der Waals surface area contributed by atoms with Crippen LogP contribution < -0.4 is 5.73 Å². The van der Waals surface area contributed by atoms with Crippen LogP contribution in [0.4, 0.5) is 4.39 Å². The molecule has 6 heteroatoms. The van der Waals surface area contributed by atoms with Crippen molar-refractivity contribution in [2.75, 3.05) is 0 Å². The molecule has 0 saturated heterocycles. The van der Waals surface area contributed by atoms with Gasteiger partial charge in [-0.1, -0.05) is 11.6 Å². The van der Waals surface area contributed by atoms with Crippen LogP contribution in [-0.2, 0) is 16.0 Å². The summed E-state index contributed by atoms with van der Waals surface area (Å²) in [4.78, 5) is 15.3. The van der Waals surface area contributed by atoms with Crippen molar-refractivity contribution in [2.24, 2.45) is 5.73 Å². The number of carbonyl (C=O) groups excluding carboxylic acids is 1. The fourth-order valence-corrected chi connectivity index (χ4v) is 1.49. The number of halogens is 2. The van der Waals surface area contributed by atoms with Gasteiger partial charge in [-0.3, -0.25) is 4.79 Å². The van der Waals surface area contributed by atoms with Gasteiger partial charge in [0.2, 0.25) is 0 Å². The molecule has 1 aromatic rings. The number of hydrogen-bond acceptors (Lipinski definition) is 4. The maximum Gasteiger partial charge on any atom is 0.323 e. The summed E-state index contributed by atoms with van der Waals surface area (Å²) >= 11 is 5.79. The normalized spacial score (nSPS) is 13.2. The lowest BCUT2D eigenvalue weighted by Gasteiger charge is -2.22. The minimum Gasteiger partial charge on any atom is -0.459 e. The number of aromatic nitrogens is 1. The van der Waals surface area contributed by atoms with E-state index < -0.39 is 23.4 Å². The van der Waals surface area contributed by atoms with Crippen molar-refractivity contribution in [2.45, 2.75) is 38.8 Å². The van der Waals surface area contributed by atoms with Crippen molar-refractivity contribution in [3.05, 3.63) is 28.8 Å². The Hall–Kier alpha value is -1.20. The lowest BCUT2D eigenvalue weighted by molar-refractivity contribution is -0.156. The van der Waals surface area contributed by atoms with Crippen LogP contribution in [0.5, 0.6) is 0 Å². The molecule has 0 aliphatic carbocycles. The van der Waals surface area contributed by atoms with Gasteiger partial charge in [0.1, 0.15) is 22.6 Å². The van der Waals surface area contributed by atoms with Crippen molar-refractivity contribution in [3.8, 4) is 0 Å². The quantitative estimate of drug-likeness (QED) is 0.677. The van der Waals surface area contributed by atoms with Crippen LogP contribution >= 0.6 is 11.6 Å². The maximum atomic E-state index is 13.0. The molecule has 0 amide bonds. The summed E-state index contributed by atoms with van der Waals surface area (Å²) in [5, 5.41) is 0.135. The van der Waals surface area contributed by atoms with Crippen molar-refractivity contribution >= 4 is 17.6 Å². The Bertz CT molecular complexity index is 446. The third kappa shape index (κ3) is 4.58. The Morgan fingerprint density at radius 1 is 1.61 bits per heavy atom. The van der Waals surface area contributed by atoms with Crippen LogP contribution in [0, 0.1) is 5.82 Å². The lowest BCUT2D eigenvalue weighted by Crippen LogP contribution is -2.38. The molecule has 0 fully saturated rings. The van der Waals surface area contributed by atoms with Gasteiger partial charge in [0.15, 0.2) is 0 Å². The van der Waals surface area contributed by atoms with E-state index in [1.54, 1.807) is 20.8 Å². The first-order valence-corrected chi connectivity index (χ1v) is 5.85. The fourth-order valence-electron chi connectivity index (χ4n) is 1.31. The van der Waals surface area contributed by atoms with Crippen LogP contribution in [-0.4, -0.2) is 22.6 Å². The Kier molecular flexibility index (Phi) is 4.65. The van der Waals surface area contributed by atoms with Gasteiger partial charge < -0.3 is 10.5 Å². The molecule has 0 unspecified atom stereocenters. The van der Waals surface area contributed by atoms with Crippen LogP contribution in [0.2, 0.25) is 5.15 Å². The summed E-state index contributed by atoms with van der Waals surface area (Å²) in [6.45, 7) is 5.23. The van der Waals surface area contributed by atoms with Crippen molar-refractivity contribution in [1.29, 1.82) is 0 Å². The average Bonchev–Trinajstić information content (AvgIpc) is 2.21. The number of ether oxygens (including phenoxy) is 1. The molecule has 18 heavy (non-hydrogen) atoms. The number of nitrogens with two attached hydrogens (primary N) is 1. The zero-order chi connectivity index (χ0) is 13.9. The number of nitrogens with zero attached hydrogens (tertiary/aromatic N) is 1. The highest BCUT2D eigenvalue weighted by Crippen LogP contribution is 2.16. The van der Waals surface area contributed by atoms with Gasteiger partial charge in [-0.25, -0.2) is 9.37 Å². The van der Waals surface area contributed by atoms with E-state index in [9.17, 15) is 9.18 Å². The van der Waals surface area contributed by atoms with Gasteiger partial charge in [0, 0.05) is 6.42 Å². The zero-order valence-electron chi connectivity index (χ0n) is 10.5. The number of rotatable bonds is 3. The molecule has 0 aromatic carbocycles. The topological polar surface area (TPSA) is 65.2 Å². The highest BCUT2D eigenvalue weighted by molar-refractivity contribution is 6.30. The number of hydrogen-bond donors (Lipinski definition) is 1. The minimum atomic E-state index is -0.898. The van der Waals surface area contributed by atoms with Crippen LogP contribution in [0.3, 0.4) is 0 Å². The second kappa shape index (κ2) is 5.63. The first kappa shape index (κ1) is 14.9. The molecule has 0 saturated carbocycles. The molecule has 0 aliphatic heterocycles. The predicted molar refractivity (Wildman–Crippen MR) is 66.7 cm³/mol. The number of esters is 1. The third-order valence-electron chi connectivity index (χ3n) is 2.03. The van der Waals surface area contributed by atoms with Gasteiger partial charge >= 0.3 is 5.97 Å². The van der Waals surface area contributed by atoms with Crippen LogP contribution in [0.1, 0.15) is 26.3 Å². The van der Waals surface area contributed by atoms with E-state index in [2.05, 4.69) is 4.98 Å². The highest BCUT2D eigenvalue weighted by atomic mass is 35.5. The maximum absolute atomic E-state index is 13.0. The zero-order valence-corrected chi connectivity index (χ0v) is 11.3. The largest absolute Gasteiger partial charge is 0.459 e. The van der Waals surface area contributed by atoms with Crippen molar-refractivity contribution in [3.63, 3.8) is 0 Å². The standard InChI is InChI=1S/C12H16ClFN2O2/c1-12(2,3)18-11(17)9(15)5-7-4-8(14)6-16-10(7)13/h4,6,9H,5,15H2,1-3H3/t9-/m0/s1. The first-order valence-electron chi connectivity index (χ1n) is 5.47. The second-order valence-electron chi connectivity index (χ2n) is 4.95. The average molecular weight is 275 g/mol. The molecule has 1 rings (SSSR count). The summed E-state index contributed by atoms with van der Waals surface area (Å²) in [6, 6.07) is 0.310. The van der Waals surface area contributed by atoms with Gasteiger partial charge in [0.05, 0.1) is 6.20 Å². The molecule has 0 bridgehead atoms. The van der Waals surface area contributed by atoms with E-state index in [1.807, 2.05) is 0 Å². The lowest BCUT2D eigenvalue weighted by atomic mass is 10.1. The van der Waals surface area contributed by atoms with E-state index in [1.165, 1.54) is 6.07 Å². The summed E-state index contributed by atoms with van der Waals surface area (Å²) < 4.78 is 18.1. The second-order valence-corrected chi connectivity index (χ2v) is 5.31. The monoisotopic (exact) mass is 274 g/mol. The van der Waals surface area contributed by atoms with Gasteiger partial charge in [-0.2, -0.15) is 0 Å². The fraction of sp³-hybridized carbons (Fsp3) is 0.500. The molecular weight excluding hydrogens is 259 g/mol. The Morgan fingerprint density at radius 3 is 2.78 bits per heavy atom. The van der Waals surface area contributed by atoms with Gasteiger partial charge in [0.25, 0.3) is 0 Å². The van der Waals surface area contributed by atoms with Gasteiger partial charge in [-0.05, 0) is 32.4 Å². The van der Waals surface area contributed by atoms with Crippen molar-refractivity contribution < 1.29 is 13.9 Å². The Labute approximate surface area is 110 Å². The SMILES string of the molecule is CC(C)(C)OC(=O)[C@@H](N)Cc1cc(F)cnc1Cl. The third-order valence-corrected chi connectivity index (χ3v) is 2.37. The first-order chi connectivity index (χ1) is 8.19. The summed E-state index contributed by atoms with van der Waals surface area (Å²) in [6.07, 6.45) is 1.09. The predicted octanol–water partition coefficient (Wildman–Crippen LogP) is 2.09. The Morgan fingerprint density at radius 2 is 2.22 bits per heavy atom. The molecule has 4 nitrogen and oxygen atoms in total. The smallest absolute Gasteiger partial charge is 0.323 e. The molecule has 0 aliphatic rings. The van der Waals surface area contributed by atoms with Crippen LogP contribution in [0.25, 0.3) is 0 Å². The minimum absolute atomic E-state index is 0.0819. The Balaban J connectivity index is 2.72. The van der Waals surface area contributed by atoms with E-state index in [4.69, 9.17) is 22.1 Å². The number of carbonyl (C=O) groups is 1. The molecule has 100 valence electrons. The van der Waals surface area contributed by atoms with Crippen LogP contribution in [0.15, 0.2) is 12.3 Å². The summed E-state index contributed by atoms with van der Waals surface area (Å²) in [7, 11) is 0. The molecule has 0 radical (unpaired) electrons. The van der Waals surface area contributed by atoms with E-state index in [-0.39, 0.29) is 11.6 Å². The van der Waals surface area contributed by atoms with Crippen molar-refractivity contribution in [1.82, 2.24) is 4.98 Å². The van der Waals surface area contributed by atoms with E-state index in [0.717, 1.165) is 6.20 Å². The molecule has 2 N–H and O–H groups in total. The molecular formula is C12H16ClFN2O2. The van der Waals surface area contributed by atoms with E-state index >= 15 is 0 Å². The van der Waals surface area contributed by atoms with Gasteiger partial charge in [-0.15, -0.1) is 0 Å². The number of pyridine rings is 1.